The van der Waals surface area contributed by atoms with Crippen LogP contribution in [0.25, 0.3) is 10.4 Å². The summed E-state index contributed by atoms with van der Waals surface area (Å²) in [5.74, 6) is -0.984. The van der Waals surface area contributed by atoms with E-state index in [1.807, 2.05) is 68.7 Å². The number of hydrogen-bond donors (Lipinski definition) is 2. The van der Waals surface area contributed by atoms with Crippen LogP contribution in [0.1, 0.15) is 54.4 Å². The van der Waals surface area contributed by atoms with Crippen molar-refractivity contribution in [2.24, 2.45) is 5.92 Å². The highest BCUT2D eigenvalue weighted by Gasteiger charge is 2.49. The first-order valence-corrected chi connectivity index (χ1v) is 14.1. The number of benzene rings is 2. The molecule has 3 aromatic rings. The molecule has 3 amide bonds. The van der Waals surface area contributed by atoms with E-state index in [1.54, 1.807) is 29.2 Å². The zero-order valence-electron chi connectivity index (χ0n) is 22.7. The molecule has 0 radical (unpaired) electrons. The zero-order chi connectivity index (χ0) is 27.9. The molecule has 0 saturated carbocycles. The minimum atomic E-state index is -1.20. The SMILES string of the molecule is Cc1ncsc1-c1ccc(CNC(=O)[C@@H]2C[C@@](C)(O)CN2C(=O)[C@H](C(C)C)N2Cc3ccccc3C2=O)cc1. The molecule has 39 heavy (non-hydrogen) atoms. The van der Waals surface area contributed by atoms with E-state index >= 15 is 0 Å². The van der Waals surface area contributed by atoms with Crippen LogP contribution in [0.5, 0.6) is 0 Å². The molecule has 0 unspecified atom stereocenters. The maximum Gasteiger partial charge on any atom is 0.255 e. The monoisotopic (exact) mass is 546 g/mol. The molecule has 2 aliphatic heterocycles. The van der Waals surface area contributed by atoms with Crippen molar-refractivity contribution in [3.63, 3.8) is 0 Å². The third-order valence-electron chi connectivity index (χ3n) is 7.60. The smallest absolute Gasteiger partial charge is 0.255 e. The van der Waals surface area contributed by atoms with Gasteiger partial charge in [-0.1, -0.05) is 56.3 Å². The molecule has 0 spiro atoms. The van der Waals surface area contributed by atoms with Crippen LogP contribution in [0.15, 0.2) is 54.0 Å². The van der Waals surface area contributed by atoms with Crippen molar-refractivity contribution < 1.29 is 19.5 Å². The van der Waals surface area contributed by atoms with Crippen molar-refractivity contribution in [3.8, 4) is 10.4 Å². The van der Waals surface area contributed by atoms with Gasteiger partial charge >= 0.3 is 0 Å². The van der Waals surface area contributed by atoms with Crippen LogP contribution in [-0.4, -0.2) is 61.8 Å². The summed E-state index contributed by atoms with van der Waals surface area (Å²) >= 11 is 1.59. The van der Waals surface area contributed by atoms with Crippen LogP contribution < -0.4 is 5.32 Å². The fourth-order valence-corrected chi connectivity index (χ4v) is 6.46. The zero-order valence-corrected chi connectivity index (χ0v) is 23.5. The number of aromatic nitrogens is 1. The van der Waals surface area contributed by atoms with Gasteiger partial charge in [-0.2, -0.15) is 0 Å². The van der Waals surface area contributed by atoms with Gasteiger partial charge in [0.25, 0.3) is 5.91 Å². The molecule has 0 aliphatic carbocycles. The molecule has 9 heteroatoms. The average molecular weight is 547 g/mol. The molecule has 2 N–H and O–H groups in total. The molecule has 1 saturated heterocycles. The van der Waals surface area contributed by atoms with E-state index in [-0.39, 0.29) is 36.6 Å². The summed E-state index contributed by atoms with van der Waals surface area (Å²) in [6, 6.07) is 13.8. The largest absolute Gasteiger partial charge is 0.388 e. The molecule has 8 nitrogen and oxygen atoms in total. The minimum absolute atomic E-state index is 0.0328. The fraction of sp³-hybridized carbons (Fsp3) is 0.400. The Bertz CT molecular complexity index is 1400. The topological polar surface area (TPSA) is 103 Å². The number of rotatable bonds is 7. The normalized spacial score (nSPS) is 21.4. The standard InChI is InChI=1S/C30H34N4O4S/c1-18(2)25(33-15-22-7-5-6-8-23(22)28(33)36)29(37)34-16-30(4,38)13-24(34)27(35)31-14-20-9-11-21(12-10-20)26-19(3)32-17-39-26/h5-12,17-18,24-25,38H,13-16H2,1-4H3,(H,31,35)/t24-,25-,30+/m0/s1. The maximum absolute atomic E-state index is 14.0. The molecule has 2 aliphatic rings. The van der Waals surface area contributed by atoms with E-state index < -0.39 is 17.7 Å². The Morgan fingerprint density at radius 1 is 1.18 bits per heavy atom. The van der Waals surface area contributed by atoms with Gasteiger partial charge in [0.05, 0.1) is 28.2 Å². The summed E-state index contributed by atoms with van der Waals surface area (Å²) in [6.45, 7) is 8.11. The third-order valence-corrected chi connectivity index (χ3v) is 8.58. The number of nitrogens with zero attached hydrogens (tertiary/aromatic N) is 3. The summed E-state index contributed by atoms with van der Waals surface area (Å²) in [6.07, 6.45) is 0.132. The van der Waals surface area contributed by atoms with Crippen LogP contribution in [-0.2, 0) is 22.7 Å². The molecule has 1 fully saturated rings. The summed E-state index contributed by atoms with van der Waals surface area (Å²) in [4.78, 5) is 49.0. The van der Waals surface area contributed by atoms with E-state index in [9.17, 15) is 19.5 Å². The lowest BCUT2D eigenvalue weighted by Gasteiger charge is -2.35. The summed E-state index contributed by atoms with van der Waals surface area (Å²) in [5, 5.41) is 13.8. The molecular weight excluding hydrogens is 512 g/mol. The van der Waals surface area contributed by atoms with Gasteiger partial charge in [0.1, 0.15) is 12.1 Å². The van der Waals surface area contributed by atoms with Crippen LogP contribution >= 0.6 is 11.3 Å². The minimum Gasteiger partial charge on any atom is -0.388 e. The van der Waals surface area contributed by atoms with Gasteiger partial charge in [-0.05, 0) is 42.5 Å². The average Bonchev–Trinajstić information content (AvgIpc) is 3.58. The number of carbonyl (C=O) groups excluding carboxylic acids is 3. The predicted octanol–water partition coefficient (Wildman–Crippen LogP) is 3.77. The van der Waals surface area contributed by atoms with E-state index in [1.165, 1.54) is 4.90 Å². The molecule has 2 aromatic carbocycles. The predicted molar refractivity (Wildman–Crippen MR) is 150 cm³/mol. The van der Waals surface area contributed by atoms with Crippen molar-refractivity contribution in [1.82, 2.24) is 20.1 Å². The van der Waals surface area contributed by atoms with Crippen LogP contribution in [0, 0.1) is 12.8 Å². The Morgan fingerprint density at radius 2 is 1.90 bits per heavy atom. The van der Waals surface area contributed by atoms with Gasteiger partial charge < -0.3 is 20.2 Å². The van der Waals surface area contributed by atoms with Gasteiger partial charge in [0.15, 0.2) is 0 Å². The van der Waals surface area contributed by atoms with Gasteiger partial charge in [0, 0.05) is 25.1 Å². The molecule has 3 atom stereocenters. The highest BCUT2D eigenvalue weighted by Crippen LogP contribution is 2.33. The third kappa shape index (κ3) is 5.33. The van der Waals surface area contributed by atoms with Gasteiger partial charge in [-0.25, -0.2) is 4.98 Å². The Balaban J connectivity index is 1.30. The number of thiazole rings is 1. The Morgan fingerprint density at radius 3 is 2.54 bits per heavy atom. The maximum atomic E-state index is 14.0. The number of fused-ring (bicyclic) bond motifs is 1. The van der Waals surface area contributed by atoms with Crippen LogP contribution in [0.2, 0.25) is 0 Å². The number of nitrogens with one attached hydrogen (secondary N) is 1. The molecule has 0 bridgehead atoms. The second-order valence-corrected chi connectivity index (χ2v) is 12.0. The van der Waals surface area contributed by atoms with Gasteiger partial charge in [0.2, 0.25) is 11.8 Å². The van der Waals surface area contributed by atoms with Crippen LogP contribution in [0.4, 0.5) is 0 Å². The molecule has 5 rings (SSSR count). The fourth-order valence-electron chi connectivity index (χ4n) is 5.64. The number of β-amino-alcohol motifs (C(OH)–C–C–N with tert-alkyl or cyclic N) is 1. The van der Waals surface area contributed by atoms with Crippen LogP contribution in [0.3, 0.4) is 0 Å². The highest BCUT2D eigenvalue weighted by molar-refractivity contribution is 7.13. The number of amides is 3. The van der Waals surface area contributed by atoms with Crippen molar-refractivity contribution in [2.45, 2.75) is 64.9 Å². The van der Waals surface area contributed by atoms with Gasteiger partial charge in [-0.15, -0.1) is 11.3 Å². The number of aryl methyl sites for hydroxylation is 1. The van der Waals surface area contributed by atoms with E-state index in [4.69, 9.17) is 0 Å². The molecule has 3 heterocycles. The Kier molecular flexibility index (Phi) is 7.31. The lowest BCUT2D eigenvalue weighted by atomic mass is 10.00. The molecular formula is C30H34N4O4S. The number of hydrogen-bond acceptors (Lipinski definition) is 6. The van der Waals surface area contributed by atoms with Crippen molar-refractivity contribution in [1.29, 1.82) is 0 Å². The Hall–Kier alpha value is -3.56. The number of carbonyl (C=O) groups is 3. The lowest BCUT2D eigenvalue weighted by molar-refractivity contribution is -0.143. The second-order valence-electron chi connectivity index (χ2n) is 11.1. The first-order chi connectivity index (χ1) is 18.6. The van der Waals surface area contributed by atoms with E-state index in [2.05, 4.69) is 10.3 Å². The number of aliphatic hydroxyl groups is 1. The lowest BCUT2D eigenvalue weighted by Crippen LogP contribution is -2.55. The van der Waals surface area contributed by atoms with E-state index in [0.29, 0.717) is 18.7 Å². The Labute approximate surface area is 232 Å². The molecule has 1 aromatic heterocycles. The van der Waals surface area contributed by atoms with Crippen molar-refractivity contribution in [3.05, 3.63) is 76.4 Å². The molecule has 204 valence electrons. The number of likely N-dealkylation sites (tertiary alicyclic amines) is 1. The van der Waals surface area contributed by atoms with Crippen molar-refractivity contribution >= 4 is 29.1 Å². The summed E-state index contributed by atoms with van der Waals surface area (Å²) in [7, 11) is 0. The quantitative estimate of drug-likeness (QED) is 0.470. The highest BCUT2D eigenvalue weighted by atomic mass is 32.1. The summed E-state index contributed by atoms with van der Waals surface area (Å²) in [5.41, 5.74) is 5.11. The van der Waals surface area contributed by atoms with Crippen molar-refractivity contribution in [2.75, 3.05) is 6.54 Å². The second kappa shape index (κ2) is 10.5. The van der Waals surface area contributed by atoms with E-state index in [0.717, 1.165) is 27.3 Å². The first-order valence-electron chi connectivity index (χ1n) is 13.2. The van der Waals surface area contributed by atoms with Gasteiger partial charge in [-0.3, -0.25) is 14.4 Å². The summed E-state index contributed by atoms with van der Waals surface area (Å²) < 4.78 is 0. The first kappa shape index (κ1) is 27.0.